The maximum Gasteiger partial charge on any atom is 0.254 e. The Morgan fingerprint density at radius 1 is 1.37 bits per heavy atom. The normalized spacial score (nSPS) is 19.2. The number of likely N-dealkylation sites (tertiary alicyclic amines) is 1. The van der Waals surface area contributed by atoms with Crippen molar-refractivity contribution in [2.24, 2.45) is 0 Å². The Hall–Kier alpha value is -1.35. The van der Waals surface area contributed by atoms with E-state index in [1.807, 2.05) is 17.0 Å². The number of carbonyl (C=O) groups is 1. The molecule has 1 unspecified atom stereocenters. The Morgan fingerprint density at radius 3 is 2.63 bits per heavy atom. The van der Waals surface area contributed by atoms with Crippen LogP contribution in [-0.2, 0) is 4.74 Å². The van der Waals surface area contributed by atoms with Crippen LogP contribution in [-0.4, -0.2) is 37.1 Å². The molecule has 1 fully saturated rings. The third kappa shape index (κ3) is 3.16. The molecule has 0 N–H and O–H groups in total. The number of ether oxygens (including phenoxy) is 1. The van der Waals surface area contributed by atoms with E-state index in [0.717, 1.165) is 24.9 Å². The van der Waals surface area contributed by atoms with Crippen molar-refractivity contribution in [1.29, 1.82) is 0 Å². The number of methoxy groups -OCH3 is 1. The molecule has 19 heavy (non-hydrogen) atoms. The van der Waals surface area contributed by atoms with E-state index >= 15 is 0 Å². The van der Waals surface area contributed by atoms with E-state index in [4.69, 9.17) is 4.74 Å². The molecule has 3 nitrogen and oxygen atoms in total. The minimum absolute atomic E-state index is 0.134. The molecule has 1 heterocycles. The number of hydrogen-bond acceptors (Lipinski definition) is 2. The molecule has 0 saturated carbocycles. The molecule has 1 amide bonds. The van der Waals surface area contributed by atoms with Gasteiger partial charge in [0.1, 0.15) is 0 Å². The molecular weight excluding hydrogens is 238 g/mol. The summed E-state index contributed by atoms with van der Waals surface area (Å²) in [6.07, 6.45) is 2.12. The second kappa shape index (κ2) is 6.20. The minimum atomic E-state index is 0.134. The summed E-state index contributed by atoms with van der Waals surface area (Å²) in [5.41, 5.74) is 2.05. The van der Waals surface area contributed by atoms with Gasteiger partial charge in [0.05, 0.1) is 12.6 Å². The van der Waals surface area contributed by atoms with Gasteiger partial charge in [0.25, 0.3) is 5.91 Å². The number of hydrogen-bond donors (Lipinski definition) is 0. The summed E-state index contributed by atoms with van der Waals surface area (Å²) in [6, 6.07) is 8.24. The van der Waals surface area contributed by atoms with Crippen LogP contribution in [0, 0.1) is 0 Å². The summed E-state index contributed by atoms with van der Waals surface area (Å²) in [6.45, 7) is 5.80. The summed E-state index contributed by atoms with van der Waals surface area (Å²) in [7, 11) is 1.69. The first-order valence-electron chi connectivity index (χ1n) is 7.03. The van der Waals surface area contributed by atoms with Crippen molar-refractivity contribution in [2.75, 3.05) is 20.3 Å². The van der Waals surface area contributed by atoms with Crippen molar-refractivity contribution < 1.29 is 9.53 Å². The van der Waals surface area contributed by atoms with Gasteiger partial charge in [0, 0.05) is 19.2 Å². The fourth-order valence-corrected chi connectivity index (χ4v) is 2.65. The molecule has 0 bridgehead atoms. The van der Waals surface area contributed by atoms with Crippen LogP contribution in [0.15, 0.2) is 24.3 Å². The van der Waals surface area contributed by atoms with Gasteiger partial charge in [-0.1, -0.05) is 26.0 Å². The zero-order chi connectivity index (χ0) is 13.8. The zero-order valence-electron chi connectivity index (χ0n) is 12.1. The Morgan fingerprint density at radius 2 is 2.05 bits per heavy atom. The molecule has 1 aromatic rings. The summed E-state index contributed by atoms with van der Waals surface area (Å²) < 4.78 is 5.20. The summed E-state index contributed by atoms with van der Waals surface area (Å²) >= 11 is 0. The van der Waals surface area contributed by atoms with Crippen molar-refractivity contribution >= 4 is 5.91 Å². The molecule has 3 heteroatoms. The number of nitrogens with zero attached hydrogens (tertiary/aromatic N) is 1. The molecule has 0 radical (unpaired) electrons. The van der Waals surface area contributed by atoms with Gasteiger partial charge in [0.2, 0.25) is 0 Å². The van der Waals surface area contributed by atoms with Gasteiger partial charge >= 0.3 is 0 Å². The molecule has 0 aliphatic carbocycles. The molecule has 104 valence electrons. The summed E-state index contributed by atoms with van der Waals surface area (Å²) in [4.78, 5) is 14.4. The average Bonchev–Trinajstić information content (AvgIpc) is 2.87. The van der Waals surface area contributed by atoms with Crippen molar-refractivity contribution in [2.45, 2.75) is 38.6 Å². The lowest BCUT2D eigenvalue weighted by Crippen LogP contribution is -2.38. The molecule has 1 saturated heterocycles. The Bertz CT molecular complexity index is 425. The summed E-state index contributed by atoms with van der Waals surface area (Å²) in [5.74, 6) is 0.632. The number of carbonyl (C=O) groups excluding carboxylic acids is 1. The predicted molar refractivity (Wildman–Crippen MR) is 76.5 cm³/mol. The maximum absolute atomic E-state index is 12.5. The third-order valence-electron chi connectivity index (χ3n) is 3.82. The van der Waals surface area contributed by atoms with Gasteiger partial charge in [-0.2, -0.15) is 0 Å². The van der Waals surface area contributed by atoms with E-state index in [9.17, 15) is 4.79 Å². The Kier molecular flexibility index (Phi) is 4.59. The highest BCUT2D eigenvalue weighted by Crippen LogP contribution is 2.21. The van der Waals surface area contributed by atoms with Crippen LogP contribution >= 0.6 is 0 Å². The topological polar surface area (TPSA) is 29.5 Å². The third-order valence-corrected chi connectivity index (χ3v) is 3.82. The summed E-state index contributed by atoms with van der Waals surface area (Å²) in [5, 5.41) is 0. The average molecular weight is 261 g/mol. The molecule has 2 rings (SSSR count). The van der Waals surface area contributed by atoms with Gasteiger partial charge < -0.3 is 9.64 Å². The van der Waals surface area contributed by atoms with Gasteiger partial charge in [-0.25, -0.2) is 0 Å². The standard InChI is InChI=1S/C16H23NO2/c1-12(2)13-6-8-14(9-7-13)16(18)17-10-4-5-15(17)11-19-3/h6-9,12,15H,4-5,10-11H2,1-3H3. The SMILES string of the molecule is COCC1CCCN1C(=O)c1ccc(C(C)C)cc1. The van der Waals surface area contributed by atoms with Gasteiger partial charge in [-0.3, -0.25) is 4.79 Å². The minimum Gasteiger partial charge on any atom is -0.383 e. The molecule has 0 aromatic heterocycles. The lowest BCUT2D eigenvalue weighted by Gasteiger charge is -2.24. The second-order valence-corrected chi connectivity index (χ2v) is 5.53. The molecule has 1 aliphatic rings. The quantitative estimate of drug-likeness (QED) is 0.833. The predicted octanol–water partition coefficient (Wildman–Crippen LogP) is 3.06. The van der Waals surface area contributed by atoms with Crippen molar-refractivity contribution in [1.82, 2.24) is 4.90 Å². The van der Waals surface area contributed by atoms with Gasteiger partial charge in [-0.05, 0) is 36.5 Å². The first kappa shape index (κ1) is 14.1. The van der Waals surface area contributed by atoms with Crippen molar-refractivity contribution in [3.05, 3.63) is 35.4 Å². The van der Waals surface area contributed by atoms with E-state index in [1.54, 1.807) is 7.11 Å². The van der Waals surface area contributed by atoms with E-state index in [0.29, 0.717) is 12.5 Å². The highest BCUT2D eigenvalue weighted by molar-refractivity contribution is 5.94. The van der Waals surface area contributed by atoms with Crippen LogP contribution in [0.25, 0.3) is 0 Å². The number of amides is 1. The molecule has 1 aromatic carbocycles. The second-order valence-electron chi connectivity index (χ2n) is 5.53. The van der Waals surface area contributed by atoms with Crippen LogP contribution in [0.2, 0.25) is 0 Å². The smallest absolute Gasteiger partial charge is 0.254 e. The van der Waals surface area contributed by atoms with E-state index in [2.05, 4.69) is 26.0 Å². The first-order chi connectivity index (χ1) is 9.13. The van der Waals surface area contributed by atoms with Crippen LogP contribution in [0.1, 0.15) is 48.5 Å². The van der Waals surface area contributed by atoms with Gasteiger partial charge in [-0.15, -0.1) is 0 Å². The molecule has 0 spiro atoms. The van der Waals surface area contributed by atoms with Crippen LogP contribution < -0.4 is 0 Å². The lowest BCUT2D eigenvalue weighted by molar-refractivity contribution is 0.0630. The highest BCUT2D eigenvalue weighted by Gasteiger charge is 2.29. The first-order valence-corrected chi connectivity index (χ1v) is 7.03. The molecular formula is C16H23NO2. The van der Waals surface area contributed by atoms with Crippen molar-refractivity contribution in [3.8, 4) is 0 Å². The number of benzene rings is 1. The van der Waals surface area contributed by atoms with Crippen LogP contribution in [0.4, 0.5) is 0 Å². The van der Waals surface area contributed by atoms with E-state index in [1.165, 1.54) is 5.56 Å². The highest BCUT2D eigenvalue weighted by atomic mass is 16.5. The monoisotopic (exact) mass is 261 g/mol. The lowest BCUT2D eigenvalue weighted by atomic mass is 10.0. The molecule has 1 aliphatic heterocycles. The van der Waals surface area contributed by atoms with E-state index < -0.39 is 0 Å². The fraction of sp³-hybridized carbons (Fsp3) is 0.562. The maximum atomic E-state index is 12.5. The van der Waals surface area contributed by atoms with Crippen LogP contribution in [0.3, 0.4) is 0 Å². The molecule has 1 atom stereocenters. The van der Waals surface area contributed by atoms with Crippen LogP contribution in [0.5, 0.6) is 0 Å². The zero-order valence-corrected chi connectivity index (χ0v) is 12.1. The van der Waals surface area contributed by atoms with E-state index in [-0.39, 0.29) is 11.9 Å². The fourth-order valence-electron chi connectivity index (χ4n) is 2.65. The largest absolute Gasteiger partial charge is 0.383 e. The Balaban J connectivity index is 2.10. The number of rotatable bonds is 4. The van der Waals surface area contributed by atoms with Crippen molar-refractivity contribution in [3.63, 3.8) is 0 Å². The van der Waals surface area contributed by atoms with Gasteiger partial charge in [0.15, 0.2) is 0 Å². The Labute approximate surface area is 115 Å².